The molecule has 0 aliphatic carbocycles. The number of primary amides is 1. The van der Waals surface area contributed by atoms with Crippen LogP contribution in [0.25, 0.3) is 0 Å². The summed E-state index contributed by atoms with van der Waals surface area (Å²) in [6.07, 6.45) is 1.93. The lowest BCUT2D eigenvalue weighted by Crippen LogP contribution is -2.46. The number of likely N-dealkylation sites (tertiary alicyclic amines) is 1. The molecule has 2 rings (SSSR count). The highest BCUT2D eigenvalue weighted by Crippen LogP contribution is 2.24. The molecule has 1 fully saturated rings. The van der Waals surface area contributed by atoms with E-state index in [9.17, 15) is 9.59 Å². The maximum atomic E-state index is 12.2. The van der Waals surface area contributed by atoms with Crippen molar-refractivity contribution in [1.82, 2.24) is 10.2 Å². The van der Waals surface area contributed by atoms with Gasteiger partial charge in [-0.25, -0.2) is 4.79 Å². The van der Waals surface area contributed by atoms with Crippen LogP contribution >= 0.6 is 0 Å². The van der Waals surface area contributed by atoms with Gasteiger partial charge in [0.05, 0.1) is 14.2 Å². The molecule has 1 aromatic rings. The quantitative estimate of drug-likeness (QED) is 0.815. The summed E-state index contributed by atoms with van der Waals surface area (Å²) >= 11 is 0. The minimum atomic E-state index is -0.276. The summed E-state index contributed by atoms with van der Waals surface area (Å²) in [5.41, 5.74) is 6.31. The molecule has 0 atom stereocenters. The predicted octanol–water partition coefficient (Wildman–Crippen LogP) is 1.15. The average molecular weight is 335 g/mol. The highest BCUT2D eigenvalue weighted by Gasteiger charge is 2.25. The zero-order chi connectivity index (χ0) is 17.5. The van der Waals surface area contributed by atoms with Gasteiger partial charge in [0.15, 0.2) is 0 Å². The van der Waals surface area contributed by atoms with E-state index in [-0.39, 0.29) is 17.9 Å². The van der Waals surface area contributed by atoms with Crippen molar-refractivity contribution in [2.24, 2.45) is 11.7 Å². The Balaban J connectivity index is 1.80. The van der Waals surface area contributed by atoms with Crippen LogP contribution < -0.4 is 20.5 Å². The van der Waals surface area contributed by atoms with E-state index >= 15 is 0 Å². The molecule has 0 spiro atoms. The molecule has 0 saturated carbocycles. The summed E-state index contributed by atoms with van der Waals surface area (Å²) in [4.78, 5) is 25.0. The van der Waals surface area contributed by atoms with Crippen LogP contribution in [0.3, 0.4) is 0 Å². The van der Waals surface area contributed by atoms with Gasteiger partial charge in [0.2, 0.25) is 5.91 Å². The fraction of sp³-hybridized carbons (Fsp3) is 0.529. The van der Waals surface area contributed by atoms with Gasteiger partial charge in [-0.2, -0.15) is 0 Å². The Labute approximate surface area is 142 Å². The number of ether oxygens (including phenoxy) is 2. The SMILES string of the molecule is COc1ccc(CCNC(=O)N2CCC(C(N)=O)CC2)c(OC)c1. The van der Waals surface area contributed by atoms with E-state index in [4.69, 9.17) is 15.2 Å². The van der Waals surface area contributed by atoms with Gasteiger partial charge in [-0.3, -0.25) is 4.79 Å². The molecule has 7 heteroatoms. The third-order valence-electron chi connectivity index (χ3n) is 4.35. The Kier molecular flexibility index (Phi) is 6.28. The fourth-order valence-electron chi connectivity index (χ4n) is 2.84. The van der Waals surface area contributed by atoms with Crippen LogP contribution in [-0.4, -0.2) is 50.7 Å². The van der Waals surface area contributed by atoms with E-state index < -0.39 is 0 Å². The first-order valence-electron chi connectivity index (χ1n) is 8.08. The number of piperidine rings is 1. The predicted molar refractivity (Wildman–Crippen MR) is 90.1 cm³/mol. The normalized spacial score (nSPS) is 15.0. The number of carbonyl (C=O) groups is 2. The van der Waals surface area contributed by atoms with Crippen molar-refractivity contribution in [3.63, 3.8) is 0 Å². The fourth-order valence-corrected chi connectivity index (χ4v) is 2.84. The standard InChI is InChI=1S/C17H25N3O4/c1-23-14-4-3-12(15(11-14)24-2)5-8-19-17(22)20-9-6-13(7-10-20)16(18)21/h3-4,11,13H,5-10H2,1-2H3,(H2,18,21)(H,19,22). The molecule has 1 aliphatic heterocycles. The van der Waals surface area contributed by atoms with E-state index in [0.29, 0.717) is 38.9 Å². The van der Waals surface area contributed by atoms with E-state index in [1.807, 2.05) is 18.2 Å². The van der Waals surface area contributed by atoms with Gasteiger partial charge < -0.3 is 25.4 Å². The van der Waals surface area contributed by atoms with Gasteiger partial charge >= 0.3 is 6.03 Å². The zero-order valence-electron chi connectivity index (χ0n) is 14.2. The minimum Gasteiger partial charge on any atom is -0.497 e. The lowest BCUT2D eigenvalue weighted by Gasteiger charge is -2.30. The maximum Gasteiger partial charge on any atom is 0.317 e. The first-order chi connectivity index (χ1) is 11.5. The molecule has 0 bridgehead atoms. The van der Waals surface area contributed by atoms with E-state index in [0.717, 1.165) is 17.1 Å². The van der Waals surface area contributed by atoms with Crippen molar-refractivity contribution in [2.45, 2.75) is 19.3 Å². The van der Waals surface area contributed by atoms with E-state index in [2.05, 4.69) is 5.32 Å². The summed E-state index contributed by atoms with van der Waals surface area (Å²) in [5, 5.41) is 2.91. The molecule has 1 saturated heterocycles. The van der Waals surface area contributed by atoms with Gasteiger partial charge in [0, 0.05) is 31.6 Å². The van der Waals surface area contributed by atoms with Gasteiger partial charge in [0.1, 0.15) is 11.5 Å². The van der Waals surface area contributed by atoms with Crippen molar-refractivity contribution < 1.29 is 19.1 Å². The van der Waals surface area contributed by atoms with Crippen molar-refractivity contribution in [1.29, 1.82) is 0 Å². The van der Waals surface area contributed by atoms with Gasteiger partial charge in [-0.05, 0) is 30.9 Å². The van der Waals surface area contributed by atoms with Crippen LogP contribution in [0.4, 0.5) is 4.79 Å². The molecular formula is C17H25N3O4. The number of benzene rings is 1. The van der Waals surface area contributed by atoms with Crippen molar-refractivity contribution >= 4 is 11.9 Å². The largest absolute Gasteiger partial charge is 0.497 e. The number of methoxy groups -OCH3 is 2. The molecule has 0 radical (unpaired) electrons. The van der Waals surface area contributed by atoms with Gasteiger partial charge in [-0.1, -0.05) is 6.07 Å². The first-order valence-corrected chi connectivity index (χ1v) is 8.08. The van der Waals surface area contributed by atoms with Crippen molar-refractivity contribution in [2.75, 3.05) is 33.9 Å². The molecule has 0 unspecified atom stereocenters. The molecular weight excluding hydrogens is 310 g/mol. The zero-order valence-corrected chi connectivity index (χ0v) is 14.2. The second kappa shape index (κ2) is 8.42. The summed E-state index contributed by atoms with van der Waals surface area (Å²) in [7, 11) is 3.22. The molecule has 132 valence electrons. The van der Waals surface area contributed by atoms with E-state index in [1.54, 1.807) is 19.1 Å². The summed E-state index contributed by atoms with van der Waals surface area (Å²) in [6.45, 7) is 1.63. The number of hydrogen-bond donors (Lipinski definition) is 2. The molecule has 1 heterocycles. The summed E-state index contributed by atoms with van der Waals surface area (Å²) in [6, 6.07) is 5.52. The topological polar surface area (TPSA) is 93.9 Å². The number of rotatable bonds is 6. The van der Waals surface area contributed by atoms with Crippen LogP contribution in [0.1, 0.15) is 18.4 Å². The second-order valence-electron chi connectivity index (χ2n) is 5.82. The number of carbonyl (C=O) groups excluding carboxylic acids is 2. The Morgan fingerprint density at radius 3 is 2.54 bits per heavy atom. The molecule has 24 heavy (non-hydrogen) atoms. The second-order valence-corrected chi connectivity index (χ2v) is 5.82. The third-order valence-corrected chi connectivity index (χ3v) is 4.35. The highest BCUT2D eigenvalue weighted by molar-refractivity contribution is 5.78. The molecule has 1 aromatic carbocycles. The molecule has 0 aromatic heterocycles. The monoisotopic (exact) mass is 335 g/mol. The molecule has 3 N–H and O–H groups in total. The lowest BCUT2D eigenvalue weighted by atomic mass is 9.96. The van der Waals surface area contributed by atoms with Crippen LogP contribution in [0.2, 0.25) is 0 Å². The molecule has 1 aliphatic rings. The number of hydrogen-bond acceptors (Lipinski definition) is 4. The Bertz CT molecular complexity index is 583. The van der Waals surface area contributed by atoms with Gasteiger partial charge in [0.25, 0.3) is 0 Å². The minimum absolute atomic E-state index is 0.106. The van der Waals surface area contributed by atoms with Crippen molar-refractivity contribution in [3.8, 4) is 11.5 Å². The Morgan fingerprint density at radius 1 is 1.25 bits per heavy atom. The van der Waals surface area contributed by atoms with Crippen molar-refractivity contribution in [3.05, 3.63) is 23.8 Å². The molecule has 3 amide bonds. The average Bonchev–Trinajstić information content (AvgIpc) is 2.61. The van der Waals surface area contributed by atoms with Crippen LogP contribution in [0.15, 0.2) is 18.2 Å². The van der Waals surface area contributed by atoms with E-state index in [1.165, 1.54) is 0 Å². The summed E-state index contributed by atoms with van der Waals surface area (Å²) in [5.74, 6) is 1.09. The van der Waals surface area contributed by atoms with Crippen LogP contribution in [0.5, 0.6) is 11.5 Å². The number of nitrogens with two attached hydrogens (primary N) is 1. The number of amides is 3. The first kappa shape index (κ1) is 17.9. The Morgan fingerprint density at radius 2 is 1.96 bits per heavy atom. The smallest absolute Gasteiger partial charge is 0.317 e. The Hall–Kier alpha value is -2.44. The number of urea groups is 1. The highest BCUT2D eigenvalue weighted by atomic mass is 16.5. The van der Waals surface area contributed by atoms with Gasteiger partial charge in [-0.15, -0.1) is 0 Å². The van der Waals surface area contributed by atoms with Crippen LogP contribution in [0, 0.1) is 5.92 Å². The number of nitrogens with zero attached hydrogens (tertiary/aromatic N) is 1. The molecule has 7 nitrogen and oxygen atoms in total. The third kappa shape index (κ3) is 4.53. The number of nitrogens with one attached hydrogen (secondary N) is 1. The maximum absolute atomic E-state index is 12.2. The van der Waals surface area contributed by atoms with Crippen LogP contribution in [-0.2, 0) is 11.2 Å². The summed E-state index contributed by atoms with van der Waals surface area (Å²) < 4.78 is 10.5. The lowest BCUT2D eigenvalue weighted by molar-refractivity contribution is -0.123.